The molecule has 1 aromatic heterocycles. The topological polar surface area (TPSA) is 626 Å². The SMILES string of the molecule is [3H]C1CC(=O)N(CC(=O)N[C@@H](CCC(=O)NC[C@H](C)OC(=O)CCC(=O)c2cc3c(F)c(OCCCOc4c(OC)cc5c(c4F)CN(C(=O)CCC(=O)O)C5)c(OC)cc3s2)C(=O)NCCOCCOCCOCCOCCOCCOCCOCCOCCC(=O)N[C@@H](CCC(=O)NC[C@H](O)[C@@H](O)[C@H](O)[C@H](O)CO)C(=O)NC[C@H](O)[C@@H](O)[C@H](O)[C@H](O)CO)C1=O. The van der Waals surface area contributed by atoms with Gasteiger partial charge in [0.05, 0.1) is 183 Å². The quantitative estimate of drug-likeness (QED) is 0.0109. The third kappa shape index (κ3) is 38.4. The van der Waals surface area contributed by atoms with Gasteiger partial charge in [-0.25, -0.2) is 8.78 Å². The number of carboxylic acids is 1. The number of ketones is 1. The molecule has 710 valence electrons. The van der Waals surface area contributed by atoms with Crippen molar-refractivity contribution < 1.29 is 185 Å². The van der Waals surface area contributed by atoms with Gasteiger partial charge in [-0.1, -0.05) is 0 Å². The molecule has 47 heteroatoms. The summed E-state index contributed by atoms with van der Waals surface area (Å²) in [7, 11) is 2.61. The lowest BCUT2D eigenvalue weighted by Gasteiger charge is -2.26. The molecule has 1 fully saturated rings. The summed E-state index contributed by atoms with van der Waals surface area (Å²) < 4.78 is 112. The number of thiophene rings is 1. The van der Waals surface area contributed by atoms with Gasteiger partial charge in [-0.15, -0.1) is 11.3 Å². The zero-order valence-corrected chi connectivity index (χ0v) is 71.0. The molecule has 126 heavy (non-hydrogen) atoms. The van der Waals surface area contributed by atoms with E-state index in [0.717, 1.165) is 11.3 Å². The Morgan fingerprint density at radius 3 is 1.48 bits per heavy atom. The lowest BCUT2D eigenvalue weighted by molar-refractivity contribution is -0.148. The number of fused-ring (bicyclic) bond motifs is 2. The largest absolute Gasteiger partial charge is 0.493 e. The maximum absolute atomic E-state index is 16.1. The normalized spacial score (nSPS) is 15.9. The molecule has 12 atom stereocenters. The molecule has 44 nitrogen and oxygen atoms in total. The van der Waals surface area contributed by atoms with Crippen molar-refractivity contribution in [3.05, 3.63) is 45.8 Å². The summed E-state index contributed by atoms with van der Waals surface area (Å²) >= 11 is 0.952. The number of carbonyl (C=O) groups is 12. The van der Waals surface area contributed by atoms with Crippen molar-refractivity contribution in [2.45, 2.75) is 164 Å². The second-order valence-corrected chi connectivity index (χ2v) is 29.5. The number of ether oxygens (including phenoxy) is 13. The first-order valence-corrected chi connectivity index (χ1v) is 41.4. The van der Waals surface area contributed by atoms with E-state index in [4.69, 9.17) is 78.3 Å². The van der Waals surface area contributed by atoms with E-state index in [-0.39, 0.29) is 242 Å². The lowest BCUT2D eigenvalue weighted by Crippen LogP contribution is -2.53. The van der Waals surface area contributed by atoms with Crippen LogP contribution in [0.3, 0.4) is 0 Å². The number of amides is 9. The van der Waals surface area contributed by atoms with Crippen molar-refractivity contribution in [3.8, 4) is 23.0 Å². The smallest absolute Gasteiger partial charge is 0.306 e. The standard InChI is InChI=1S/C79H118F2N8O36S/c1-46(125-69(106)14-7-52(92)60-36-48-59(126-60)37-58(114-3)77(70(48)80)124-18-4-17-123-76-57(113-2)35-47-41-88(42-49(47)71(76)81)65(101)12-13-68(104)105)38-83-61(97)8-5-50(87-64(100)43-89-66(102)10-11-67(89)103)78(111)82-16-20-116-22-24-118-26-28-120-30-32-122-34-33-121-31-29-119-27-25-117-23-21-115-19-15-63(99)86-51(79(112)85-40-54(94)73(108)75(110)56(96)45-91)6-9-62(98)84-39-53(93)72(107)74(109)55(95)44-90/h35-37,46,50-51,53-56,72-75,90-91,93-96,107-110H,4-34,38-45H2,1-3H3,(H,82,111)(H,83,97)(H,84,98)(H,85,112)(H,86,99)(H,87,100)(H,104,105)/t46-,50-,51-,53-,54-,55+,56+,72+,73+,74+,75+/m0/s1/i10T/t10?,46-,50-,51-,53-,54-,55+,56+,72+,73+,74+,75+. The summed E-state index contributed by atoms with van der Waals surface area (Å²) in [5.41, 5.74) is 0.682. The first-order valence-electron chi connectivity index (χ1n) is 41.2. The molecule has 9 amide bonds. The van der Waals surface area contributed by atoms with Crippen molar-refractivity contribution in [2.75, 3.05) is 179 Å². The second-order valence-electron chi connectivity index (χ2n) is 28.5. The Hall–Kier alpha value is -9.22. The summed E-state index contributed by atoms with van der Waals surface area (Å²) in [6, 6.07) is 1.55. The lowest BCUT2D eigenvalue weighted by atomic mass is 10.0. The molecule has 2 aromatic carbocycles. The van der Waals surface area contributed by atoms with E-state index in [2.05, 4.69) is 31.9 Å². The van der Waals surface area contributed by atoms with Gasteiger partial charge in [0.25, 0.3) is 0 Å². The van der Waals surface area contributed by atoms with Crippen molar-refractivity contribution in [3.63, 3.8) is 0 Å². The summed E-state index contributed by atoms with van der Waals surface area (Å²) in [4.78, 5) is 155. The number of halogens is 2. The number of rotatable bonds is 69. The zero-order valence-electron chi connectivity index (χ0n) is 71.2. The molecule has 5 rings (SSSR count). The van der Waals surface area contributed by atoms with Gasteiger partial charge >= 0.3 is 11.9 Å². The second kappa shape index (κ2) is 59.0. The molecule has 2 aliphatic rings. The van der Waals surface area contributed by atoms with E-state index >= 15 is 8.78 Å². The van der Waals surface area contributed by atoms with Crippen LogP contribution < -0.4 is 50.8 Å². The van der Waals surface area contributed by atoms with Gasteiger partial charge in [0.15, 0.2) is 40.4 Å². The molecule has 0 spiro atoms. The molecular formula is C79H118F2N8O36S. The number of hydrogen-bond donors (Lipinski definition) is 17. The minimum absolute atomic E-state index is 0.00742. The summed E-state index contributed by atoms with van der Waals surface area (Å²) in [5, 5.41) is 121. The van der Waals surface area contributed by atoms with Crippen LogP contribution in [0.1, 0.15) is 106 Å². The Balaban J connectivity index is 0.883. The van der Waals surface area contributed by atoms with E-state index in [0.29, 0.717) is 15.2 Å². The average molecular weight is 1830 g/mol. The fourth-order valence-corrected chi connectivity index (χ4v) is 12.9. The fraction of sp³-hybridized carbons (Fsp3) is 0.671. The van der Waals surface area contributed by atoms with Gasteiger partial charge in [0, 0.05) is 107 Å². The molecule has 1 saturated heterocycles. The molecule has 0 saturated carbocycles. The fourth-order valence-electron chi connectivity index (χ4n) is 11.8. The number of esters is 1. The minimum Gasteiger partial charge on any atom is -0.493 e. The van der Waals surface area contributed by atoms with E-state index in [1.54, 1.807) is 6.07 Å². The highest BCUT2D eigenvalue weighted by molar-refractivity contribution is 7.20. The first-order chi connectivity index (χ1) is 60.7. The van der Waals surface area contributed by atoms with Crippen molar-refractivity contribution >= 4 is 92.3 Å². The maximum Gasteiger partial charge on any atom is 0.306 e. The summed E-state index contributed by atoms with van der Waals surface area (Å²) in [6.45, 7) is -0.0814. The van der Waals surface area contributed by atoms with Crippen molar-refractivity contribution in [1.82, 2.24) is 41.7 Å². The zero-order chi connectivity index (χ0) is 93.5. The predicted molar refractivity (Wildman–Crippen MR) is 431 cm³/mol. The number of nitrogens with one attached hydrogen (secondary N) is 6. The van der Waals surface area contributed by atoms with Crippen LogP contribution in [0.5, 0.6) is 23.0 Å². The first kappa shape index (κ1) is 106. The number of aliphatic carboxylic acids is 1. The van der Waals surface area contributed by atoms with Crippen LogP contribution in [0.15, 0.2) is 18.2 Å². The number of aliphatic hydroxyl groups is 10. The van der Waals surface area contributed by atoms with Gasteiger partial charge in [0.2, 0.25) is 53.2 Å². The Morgan fingerprint density at radius 1 is 0.508 bits per heavy atom. The Bertz CT molecular complexity index is 3990. The van der Waals surface area contributed by atoms with Crippen molar-refractivity contribution in [1.29, 1.82) is 0 Å². The highest BCUT2D eigenvalue weighted by Gasteiger charge is 2.36. The molecule has 3 heterocycles. The summed E-state index contributed by atoms with van der Waals surface area (Å²) in [5.74, 6) is -11.2. The monoisotopic (exact) mass is 1830 g/mol. The molecule has 0 radical (unpaired) electrons. The Kier molecular flexibility index (Phi) is 49.4. The molecular weight excluding hydrogens is 1710 g/mol. The van der Waals surface area contributed by atoms with Gasteiger partial charge in [-0.3, -0.25) is 62.4 Å². The minimum atomic E-state index is -2.02. The number of carboxylic acid groups (broad SMARTS) is 1. The van der Waals surface area contributed by atoms with Crippen LogP contribution in [-0.2, 0) is 108 Å². The number of nitrogens with zero attached hydrogens (tertiary/aromatic N) is 2. The van der Waals surface area contributed by atoms with Crippen molar-refractivity contribution in [2.24, 2.45) is 0 Å². The van der Waals surface area contributed by atoms with Crippen LogP contribution in [0.2, 0.25) is 0 Å². The van der Waals surface area contributed by atoms with Crippen LogP contribution >= 0.6 is 11.3 Å². The maximum atomic E-state index is 16.1. The molecule has 2 aliphatic heterocycles. The number of aliphatic hydroxyl groups excluding tert-OH is 10. The molecule has 3 aromatic rings. The van der Waals surface area contributed by atoms with Gasteiger partial charge in [0.1, 0.15) is 61.4 Å². The number of carbonyl (C=O) groups excluding carboxylic acids is 11. The number of imide groups is 1. The Morgan fingerprint density at radius 2 is 0.976 bits per heavy atom. The Labute approximate surface area is 728 Å². The van der Waals surface area contributed by atoms with Gasteiger partial charge < -0.3 is 155 Å². The highest BCUT2D eigenvalue weighted by Crippen LogP contribution is 2.42. The average Bonchev–Trinajstić information content (AvgIpc) is 1.65. The van der Waals surface area contributed by atoms with Crippen LogP contribution in [0.25, 0.3) is 10.1 Å². The molecule has 17 N–H and O–H groups in total. The number of methoxy groups -OCH3 is 2. The van der Waals surface area contributed by atoms with Gasteiger partial charge in [-0.05, 0) is 37.5 Å². The van der Waals surface area contributed by atoms with E-state index in [1.807, 2.05) is 0 Å². The number of likely N-dealkylation sites (tertiary alicyclic amines) is 1. The number of Topliss-reactive ketones (excluding diaryl/α,β-unsaturated/α-hetero) is 1. The summed E-state index contributed by atoms with van der Waals surface area (Å²) in [6.07, 6.45) is -20.8. The predicted octanol–water partition coefficient (Wildman–Crippen LogP) is -4.82. The molecule has 0 aliphatic carbocycles. The van der Waals surface area contributed by atoms with E-state index < -0.39 is 202 Å². The highest BCUT2D eigenvalue weighted by atomic mass is 32.1. The van der Waals surface area contributed by atoms with E-state index in [9.17, 15) is 98.4 Å². The number of hydrogen-bond acceptors (Lipinski definition) is 36. The van der Waals surface area contributed by atoms with Crippen LogP contribution in [-0.4, -0.2) is 383 Å². The van der Waals surface area contributed by atoms with E-state index in [1.165, 1.54) is 38.2 Å². The molecule has 0 bridgehead atoms. The van der Waals surface area contributed by atoms with Crippen LogP contribution in [0, 0.1) is 11.6 Å². The third-order valence-corrected chi connectivity index (χ3v) is 20.0. The third-order valence-electron chi connectivity index (χ3n) is 18.9. The van der Waals surface area contributed by atoms with Crippen LogP contribution in [0.4, 0.5) is 8.78 Å². The number of benzene rings is 2. The molecule has 1 unspecified atom stereocenters. The van der Waals surface area contributed by atoms with Gasteiger partial charge in [-0.2, -0.15) is 0 Å².